The van der Waals surface area contributed by atoms with E-state index in [0.717, 1.165) is 16.5 Å². The number of methoxy groups -OCH3 is 1. The van der Waals surface area contributed by atoms with Crippen LogP contribution in [0.25, 0.3) is 22.2 Å². The molecule has 4 aromatic carbocycles. The van der Waals surface area contributed by atoms with Gasteiger partial charge in [0, 0.05) is 47.0 Å². The van der Waals surface area contributed by atoms with Crippen molar-refractivity contribution >= 4 is 32.7 Å². The Balaban J connectivity index is 1.04. The molecular formula is C41H40N4O7S. The number of sulfonamides is 1. The molecule has 12 heteroatoms. The molecule has 4 N–H and O–H groups in total. The molecule has 0 aliphatic heterocycles. The van der Waals surface area contributed by atoms with Gasteiger partial charge in [0.05, 0.1) is 23.2 Å². The Morgan fingerprint density at radius 2 is 1.70 bits per heavy atom. The van der Waals surface area contributed by atoms with E-state index in [0.29, 0.717) is 34.9 Å². The van der Waals surface area contributed by atoms with Crippen LogP contribution in [0.5, 0.6) is 17.2 Å². The van der Waals surface area contributed by atoms with Crippen LogP contribution in [0.15, 0.2) is 127 Å². The van der Waals surface area contributed by atoms with Crippen molar-refractivity contribution in [3.8, 4) is 28.5 Å². The third kappa shape index (κ3) is 7.60. The van der Waals surface area contributed by atoms with Crippen molar-refractivity contribution in [1.82, 2.24) is 15.0 Å². The van der Waals surface area contributed by atoms with E-state index in [4.69, 9.17) is 24.9 Å². The first kappa shape index (κ1) is 35.7. The quantitative estimate of drug-likeness (QED) is 0.132. The van der Waals surface area contributed by atoms with Gasteiger partial charge in [0.2, 0.25) is 5.91 Å². The van der Waals surface area contributed by atoms with Crippen LogP contribution in [0.4, 0.5) is 0 Å². The zero-order valence-electron chi connectivity index (χ0n) is 29.1. The SMILES string of the molecule is C=C[C@@H]1C[C@]1(NC(=O)C1CC(N)C(Oc2cc(-c3ccccc3)nc3cc(OC)ccc23)C1)C(=O)NS(=O)(=O)c1cccc(OCc2ccccc2)c1. The third-order valence-electron chi connectivity index (χ3n) is 9.89. The van der Waals surface area contributed by atoms with Crippen molar-refractivity contribution in [2.24, 2.45) is 17.6 Å². The molecule has 0 bridgehead atoms. The average molecular weight is 733 g/mol. The number of benzene rings is 4. The lowest BCUT2D eigenvalue weighted by atomic mass is 10.1. The fraction of sp³-hybridized carbons (Fsp3) is 0.244. The molecule has 2 saturated carbocycles. The largest absolute Gasteiger partial charge is 0.497 e. The van der Waals surface area contributed by atoms with Crippen molar-refractivity contribution in [2.75, 3.05) is 7.11 Å². The number of nitrogens with two attached hydrogens (primary N) is 1. The number of hydrogen-bond donors (Lipinski definition) is 3. The van der Waals surface area contributed by atoms with Crippen molar-refractivity contribution in [3.05, 3.63) is 127 Å². The molecule has 2 amide bonds. The Hall–Kier alpha value is -5.72. The molecule has 272 valence electrons. The molecule has 2 aliphatic rings. The van der Waals surface area contributed by atoms with Gasteiger partial charge in [-0.05, 0) is 49.1 Å². The lowest BCUT2D eigenvalue weighted by Gasteiger charge is -2.21. The highest BCUT2D eigenvalue weighted by Gasteiger charge is 2.61. The third-order valence-corrected chi connectivity index (χ3v) is 11.2. The second-order valence-corrected chi connectivity index (χ2v) is 15.1. The Bertz CT molecular complexity index is 2270. The van der Waals surface area contributed by atoms with Gasteiger partial charge in [0.25, 0.3) is 15.9 Å². The van der Waals surface area contributed by atoms with E-state index in [-0.39, 0.29) is 24.3 Å². The number of pyridine rings is 1. The molecule has 2 aliphatic carbocycles. The number of carbonyl (C=O) groups is 2. The van der Waals surface area contributed by atoms with Crippen LogP contribution in [-0.4, -0.2) is 50.0 Å². The number of amides is 2. The lowest BCUT2D eigenvalue weighted by Crippen LogP contribution is -2.53. The fourth-order valence-corrected chi connectivity index (χ4v) is 7.88. The Labute approximate surface area is 308 Å². The van der Waals surface area contributed by atoms with Crippen molar-refractivity contribution in [2.45, 2.75) is 48.4 Å². The Morgan fingerprint density at radius 1 is 0.943 bits per heavy atom. The second kappa shape index (κ2) is 14.7. The zero-order valence-corrected chi connectivity index (χ0v) is 29.9. The van der Waals surface area contributed by atoms with Gasteiger partial charge in [0.1, 0.15) is 35.5 Å². The molecule has 1 heterocycles. The van der Waals surface area contributed by atoms with Crippen LogP contribution in [0.1, 0.15) is 24.8 Å². The van der Waals surface area contributed by atoms with E-state index in [1.165, 1.54) is 18.2 Å². The number of nitrogens with zero attached hydrogens (tertiary/aromatic N) is 1. The predicted molar refractivity (Wildman–Crippen MR) is 201 cm³/mol. The van der Waals surface area contributed by atoms with E-state index >= 15 is 0 Å². The van der Waals surface area contributed by atoms with Gasteiger partial charge >= 0.3 is 0 Å². The highest BCUT2D eigenvalue weighted by molar-refractivity contribution is 7.90. The number of nitrogens with one attached hydrogen (secondary N) is 2. The van der Waals surface area contributed by atoms with Crippen LogP contribution in [0, 0.1) is 11.8 Å². The number of aromatic nitrogens is 1. The minimum absolute atomic E-state index is 0.145. The van der Waals surface area contributed by atoms with Crippen LogP contribution >= 0.6 is 0 Å². The molecule has 11 nitrogen and oxygen atoms in total. The first-order chi connectivity index (χ1) is 25.6. The van der Waals surface area contributed by atoms with Crippen molar-refractivity contribution < 1.29 is 32.2 Å². The summed E-state index contributed by atoms with van der Waals surface area (Å²) in [6.07, 6.45) is 1.83. The van der Waals surface area contributed by atoms with Crippen LogP contribution in [0.2, 0.25) is 0 Å². The summed E-state index contributed by atoms with van der Waals surface area (Å²) in [5.74, 6) is -0.734. The van der Waals surface area contributed by atoms with Gasteiger partial charge in [-0.15, -0.1) is 6.58 Å². The van der Waals surface area contributed by atoms with Gasteiger partial charge in [-0.1, -0.05) is 72.8 Å². The monoisotopic (exact) mass is 732 g/mol. The van der Waals surface area contributed by atoms with Crippen LogP contribution < -0.4 is 30.0 Å². The summed E-state index contributed by atoms with van der Waals surface area (Å²) < 4.78 is 46.8. The molecule has 0 spiro atoms. The summed E-state index contributed by atoms with van der Waals surface area (Å²) in [6.45, 7) is 4.04. The first-order valence-electron chi connectivity index (χ1n) is 17.3. The Morgan fingerprint density at radius 3 is 2.42 bits per heavy atom. The zero-order chi connectivity index (χ0) is 37.2. The molecule has 5 aromatic rings. The topological polar surface area (TPSA) is 159 Å². The van der Waals surface area contributed by atoms with E-state index in [9.17, 15) is 18.0 Å². The molecule has 0 radical (unpaired) electrons. The fourth-order valence-electron chi connectivity index (χ4n) is 6.80. The summed E-state index contributed by atoms with van der Waals surface area (Å²) >= 11 is 0. The van der Waals surface area contributed by atoms with E-state index in [2.05, 4.69) is 16.6 Å². The first-order valence-corrected chi connectivity index (χ1v) is 18.8. The maximum atomic E-state index is 13.8. The van der Waals surface area contributed by atoms with Gasteiger partial charge in [-0.25, -0.2) is 18.1 Å². The molecular weight excluding hydrogens is 693 g/mol. The number of carbonyl (C=O) groups excluding carboxylic acids is 2. The Kier molecular flexibility index (Phi) is 9.91. The van der Waals surface area contributed by atoms with E-state index in [1.807, 2.05) is 84.9 Å². The molecule has 0 saturated heterocycles. The highest BCUT2D eigenvalue weighted by Crippen LogP contribution is 2.46. The van der Waals surface area contributed by atoms with E-state index < -0.39 is 51.4 Å². The van der Waals surface area contributed by atoms with Gasteiger partial charge in [0.15, 0.2) is 0 Å². The van der Waals surface area contributed by atoms with E-state index in [1.54, 1.807) is 19.3 Å². The molecule has 7 rings (SSSR count). The molecule has 1 aromatic heterocycles. The van der Waals surface area contributed by atoms with Gasteiger partial charge < -0.3 is 25.3 Å². The second-order valence-electron chi connectivity index (χ2n) is 13.4. The number of rotatable bonds is 13. The van der Waals surface area contributed by atoms with Crippen LogP contribution in [0.3, 0.4) is 0 Å². The maximum absolute atomic E-state index is 13.8. The van der Waals surface area contributed by atoms with Gasteiger partial charge in [-0.2, -0.15) is 0 Å². The summed E-state index contributed by atoms with van der Waals surface area (Å²) in [7, 11) is -2.72. The summed E-state index contributed by atoms with van der Waals surface area (Å²) in [4.78, 5) is 32.2. The lowest BCUT2D eigenvalue weighted by molar-refractivity contribution is -0.131. The molecule has 3 unspecified atom stereocenters. The summed E-state index contributed by atoms with van der Waals surface area (Å²) in [6, 6.07) is 32.0. The average Bonchev–Trinajstić information content (AvgIpc) is 3.78. The van der Waals surface area contributed by atoms with Crippen molar-refractivity contribution in [1.29, 1.82) is 0 Å². The number of fused-ring (bicyclic) bond motifs is 1. The standard InChI is InChI=1S/C41H40N4O7S/c1-3-29-24-41(29,40(47)45-53(48,49)32-16-10-15-31(21-32)51-25-26-11-6-4-7-12-26)44-39(46)28-19-34(42)38(20-28)52-37-23-35(27-13-8-5-9-14-27)43-36-22-30(50-2)17-18-33(36)37/h3-18,21-23,28-29,34,38H,1,19-20,24-25,42H2,2H3,(H,44,46)(H,45,47)/t28?,29-,34?,38?,41-/m1/s1. The highest BCUT2D eigenvalue weighted by atomic mass is 32.2. The smallest absolute Gasteiger partial charge is 0.264 e. The normalized spacial score (nSPS) is 22.1. The number of hydrogen-bond acceptors (Lipinski definition) is 9. The van der Waals surface area contributed by atoms with Gasteiger partial charge in [-0.3, -0.25) is 9.59 Å². The molecule has 53 heavy (non-hydrogen) atoms. The molecule has 5 atom stereocenters. The maximum Gasteiger partial charge on any atom is 0.264 e. The predicted octanol–water partition coefficient (Wildman–Crippen LogP) is 5.54. The number of ether oxygens (including phenoxy) is 3. The summed E-state index contributed by atoms with van der Waals surface area (Å²) in [5.41, 5.74) is 8.32. The summed E-state index contributed by atoms with van der Waals surface area (Å²) in [5, 5.41) is 3.63. The van der Waals surface area contributed by atoms with Crippen LogP contribution in [-0.2, 0) is 26.2 Å². The molecule has 2 fully saturated rings. The van der Waals surface area contributed by atoms with Crippen molar-refractivity contribution in [3.63, 3.8) is 0 Å². The minimum Gasteiger partial charge on any atom is -0.497 e. The minimum atomic E-state index is -4.31.